The van der Waals surface area contributed by atoms with Gasteiger partial charge in [-0.3, -0.25) is 4.79 Å². The maximum absolute atomic E-state index is 12.1. The first-order chi connectivity index (χ1) is 15.1. The van der Waals surface area contributed by atoms with Crippen LogP contribution in [0.4, 0.5) is 0 Å². The molecule has 158 valence electrons. The highest BCUT2D eigenvalue weighted by Gasteiger charge is 2.14. The molecule has 0 N–H and O–H groups in total. The van der Waals surface area contributed by atoms with Gasteiger partial charge in [-0.15, -0.1) is 0 Å². The molecule has 0 spiro atoms. The minimum Gasteiger partial charge on any atom is -0.496 e. The Hall–Kier alpha value is -3.87. The molecule has 7 heteroatoms. The van der Waals surface area contributed by atoms with Crippen molar-refractivity contribution in [1.29, 1.82) is 0 Å². The van der Waals surface area contributed by atoms with E-state index < -0.39 is 0 Å². The summed E-state index contributed by atoms with van der Waals surface area (Å²) in [5.41, 5.74) is 3.54. The fourth-order valence-electron chi connectivity index (χ4n) is 3.07. The topological polar surface area (TPSA) is 87.6 Å². The molecular weight excluding hydrogens is 396 g/mol. The predicted octanol–water partition coefficient (Wildman–Crippen LogP) is 4.99. The summed E-state index contributed by atoms with van der Waals surface area (Å²) in [7, 11) is 1.60. The number of rotatable bonds is 8. The number of para-hydroxylation sites is 1. The number of carbonyl (C=O) groups excluding carboxylic acids is 1. The summed E-state index contributed by atoms with van der Waals surface area (Å²) in [5, 5.41) is 4.03. The summed E-state index contributed by atoms with van der Waals surface area (Å²) in [6.07, 6.45) is 2.17. The Balaban J connectivity index is 1.28. The lowest BCUT2D eigenvalue weighted by molar-refractivity contribution is -0.145. The first kappa shape index (κ1) is 20.4. The Kier molecular flexibility index (Phi) is 6.12. The van der Waals surface area contributed by atoms with Crippen LogP contribution in [-0.2, 0) is 22.6 Å². The summed E-state index contributed by atoms with van der Waals surface area (Å²) < 4.78 is 21.6. The van der Waals surface area contributed by atoms with Crippen LogP contribution < -0.4 is 4.74 Å². The van der Waals surface area contributed by atoms with E-state index >= 15 is 0 Å². The molecule has 2 heterocycles. The van der Waals surface area contributed by atoms with Crippen LogP contribution >= 0.6 is 0 Å². The van der Waals surface area contributed by atoms with Gasteiger partial charge in [-0.1, -0.05) is 47.1 Å². The number of benzene rings is 2. The summed E-state index contributed by atoms with van der Waals surface area (Å²) in [4.78, 5) is 16.4. The van der Waals surface area contributed by atoms with Gasteiger partial charge in [-0.2, -0.15) is 0 Å². The number of nitrogens with zero attached hydrogens (tertiary/aromatic N) is 2. The van der Waals surface area contributed by atoms with Crippen LogP contribution in [0.25, 0.3) is 22.6 Å². The van der Waals surface area contributed by atoms with Crippen LogP contribution in [0.15, 0.2) is 69.7 Å². The molecule has 0 bridgehead atoms. The van der Waals surface area contributed by atoms with E-state index in [1.807, 2.05) is 55.5 Å². The van der Waals surface area contributed by atoms with Crippen LogP contribution in [-0.4, -0.2) is 23.2 Å². The van der Waals surface area contributed by atoms with Gasteiger partial charge in [0.2, 0.25) is 0 Å². The Bertz CT molecular complexity index is 1160. The maximum atomic E-state index is 12.1. The molecule has 0 aliphatic rings. The van der Waals surface area contributed by atoms with E-state index in [2.05, 4.69) is 10.1 Å². The van der Waals surface area contributed by atoms with Crippen molar-refractivity contribution in [3.63, 3.8) is 0 Å². The number of aromatic nitrogens is 2. The molecule has 0 fully saturated rings. The predicted molar refractivity (Wildman–Crippen MR) is 113 cm³/mol. The summed E-state index contributed by atoms with van der Waals surface area (Å²) in [6.45, 7) is 2.03. The minimum atomic E-state index is -0.370. The highest BCUT2D eigenvalue weighted by molar-refractivity contribution is 5.70. The molecule has 0 amide bonds. The van der Waals surface area contributed by atoms with Crippen molar-refractivity contribution in [3.8, 4) is 28.3 Å². The Morgan fingerprint density at radius 2 is 1.90 bits per heavy atom. The second kappa shape index (κ2) is 9.30. The molecule has 4 rings (SSSR count). The van der Waals surface area contributed by atoms with Gasteiger partial charge < -0.3 is 18.4 Å². The molecule has 0 radical (unpaired) electrons. The number of esters is 1. The van der Waals surface area contributed by atoms with Crippen molar-refractivity contribution >= 4 is 5.97 Å². The van der Waals surface area contributed by atoms with Gasteiger partial charge in [0.1, 0.15) is 11.4 Å². The lowest BCUT2D eigenvalue weighted by Gasteiger charge is -2.03. The van der Waals surface area contributed by atoms with E-state index in [0.29, 0.717) is 35.3 Å². The van der Waals surface area contributed by atoms with Crippen LogP contribution in [0.1, 0.15) is 23.6 Å². The smallest absolute Gasteiger partial charge is 0.306 e. The van der Waals surface area contributed by atoms with Crippen LogP contribution in [0.2, 0.25) is 0 Å². The fourth-order valence-corrected chi connectivity index (χ4v) is 3.07. The van der Waals surface area contributed by atoms with Gasteiger partial charge in [0, 0.05) is 23.6 Å². The highest BCUT2D eigenvalue weighted by Crippen LogP contribution is 2.29. The Morgan fingerprint density at radius 1 is 1.10 bits per heavy atom. The van der Waals surface area contributed by atoms with Crippen molar-refractivity contribution in [2.75, 3.05) is 7.11 Å². The zero-order valence-corrected chi connectivity index (χ0v) is 17.3. The molecule has 2 aromatic carbocycles. The normalized spacial score (nSPS) is 10.8. The molecule has 0 aliphatic heterocycles. The quantitative estimate of drug-likeness (QED) is 0.373. The molecule has 4 aromatic rings. The molecule has 0 unspecified atom stereocenters. The largest absolute Gasteiger partial charge is 0.496 e. The molecule has 2 aromatic heterocycles. The number of oxazole rings is 1. The first-order valence-corrected chi connectivity index (χ1v) is 9.89. The number of hydrogen-bond acceptors (Lipinski definition) is 7. The second-order valence-electron chi connectivity index (χ2n) is 7.02. The molecule has 31 heavy (non-hydrogen) atoms. The SMILES string of the molecule is COc1ccccc1-c1cc(COC(=O)CCc2ncc(-c3ccc(C)cc3)o2)on1. The highest BCUT2D eigenvalue weighted by atomic mass is 16.5. The van der Waals surface area contributed by atoms with E-state index in [0.717, 1.165) is 11.1 Å². The van der Waals surface area contributed by atoms with Gasteiger partial charge in [-0.25, -0.2) is 4.98 Å². The lowest BCUT2D eigenvalue weighted by atomic mass is 10.1. The Labute approximate surface area is 179 Å². The van der Waals surface area contributed by atoms with Gasteiger partial charge in [-0.05, 0) is 19.1 Å². The summed E-state index contributed by atoms with van der Waals surface area (Å²) in [6, 6.07) is 17.2. The average molecular weight is 418 g/mol. The van der Waals surface area contributed by atoms with E-state index in [9.17, 15) is 4.79 Å². The number of methoxy groups -OCH3 is 1. The van der Waals surface area contributed by atoms with Crippen LogP contribution in [0.3, 0.4) is 0 Å². The van der Waals surface area contributed by atoms with Crippen molar-refractivity contribution < 1.29 is 23.2 Å². The molecule has 0 saturated carbocycles. The van der Waals surface area contributed by atoms with Gasteiger partial charge >= 0.3 is 5.97 Å². The maximum Gasteiger partial charge on any atom is 0.306 e. The van der Waals surface area contributed by atoms with Crippen molar-refractivity contribution in [1.82, 2.24) is 10.1 Å². The fraction of sp³-hybridized carbons (Fsp3) is 0.208. The third-order valence-corrected chi connectivity index (χ3v) is 4.75. The monoisotopic (exact) mass is 418 g/mol. The number of carbonyl (C=O) groups is 1. The summed E-state index contributed by atoms with van der Waals surface area (Å²) in [5.74, 6) is 1.94. The third-order valence-electron chi connectivity index (χ3n) is 4.75. The Morgan fingerprint density at radius 3 is 2.71 bits per heavy atom. The zero-order chi connectivity index (χ0) is 21.6. The number of ether oxygens (including phenoxy) is 2. The van der Waals surface area contributed by atoms with E-state index in [-0.39, 0.29) is 19.0 Å². The molecule has 0 atom stereocenters. The van der Waals surface area contributed by atoms with Crippen molar-refractivity contribution in [2.24, 2.45) is 0 Å². The molecule has 7 nitrogen and oxygen atoms in total. The number of aryl methyl sites for hydroxylation is 2. The summed E-state index contributed by atoms with van der Waals surface area (Å²) >= 11 is 0. The van der Waals surface area contributed by atoms with Crippen molar-refractivity contribution in [3.05, 3.63) is 78.0 Å². The van der Waals surface area contributed by atoms with E-state index in [4.69, 9.17) is 18.4 Å². The van der Waals surface area contributed by atoms with E-state index in [1.54, 1.807) is 19.4 Å². The molecule has 0 saturated heterocycles. The second-order valence-corrected chi connectivity index (χ2v) is 7.02. The molecule has 0 aliphatic carbocycles. The van der Waals surface area contributed by atoms with Crippen LogP contribution in [0, 0.1) is 6.92 Å². The number of hydrogen-bond donors (Lipinski definition) is 0. The first-order valence-electron chi connectivity index (χ1n) is 9.89. The van der Waals surface area contributed by atoms with Crippen LogP contribution in [0.5, 0.6) is 5.75 Å². The average Bonchev–Trinajstić information content (AvgIpc) is 3.46. The zero-order valence-electron chi connectivity index (χ0n) is 17.3. The van der Waals surface area contributed by atoms with Crippen molar-refractivity contribution in [2.45, 2.75) is 26.4 Å². The van der Waals surface area contributed by atoms with Gasteiger partial charge in [0.15, 0.2) is 24.0 Å². The molecular formula is C24H22N2O5. The van der Waals surface area contributed by atoms with Gasteiger partial charge in [0.05, 0.1) is 19.7 Å². The standard InChI is InChI=1S/C24H22N2O5/c1-16-7-9-17(10-8-16)22-14-25-23(30-22)11-12-24(27)29-15-18-13-20(26-31-18)19-5-3-4-6-21(19)28-2/h3-10,13-14H,11-12,15H2,1-2H3. The minimum absolute atomic E-state index is 0.00117. The van der Waals surface area contributed by atoms with Gasteiger partial charge in [0.25, 0.3) is 0 Å². The lowest BCUT2D eigenvalue weighted by Crippen LogP contribution is -2.05. The third kappa shape index (κ3) is 5.01. The van der Waals surface area contributed by atoms with E-state index in [1.165, 1.54) is 5.56 Å².